The number of methoxy groups -OCH3 is 1. The number of rotatable bonds is 4. The number of ether oxygens (including phenoxy) is 1. The van der Waals surface area contributed by atoms with E-state index in [0.717, 1.165) is 28.0 Å². The van der Waals surface area contributed by atoms with Crippen molar-refractivity contribution >= 4 is 23.3 Å². The van der Waals surface area contributed by atoms with E-state index in [4.69, 9.17) is 4.74 Å². The summed E-state index contributed by atoms with van der Waals surface area (Å²) in [7, 11) is 1.71. The number of fused-ring (bicyclic) bond motifs is 6. The van der Waals surface area contributed by atoms with Gasteiger partial charge in [0, 0.05) is 5.56 Å². The van der Waals surface area contributed by atoms with E-state index in [0.29, 0.717) is 0 Å². The Morgan fingerprint density at radius 2 is 0.895 bits per heavy atom. The van der Waals surface area contributed by atoms with Crippen LogP contribution in [0.15, 0.2) is 109 Å². The van der Waals surface area contributed by atoms with Gasteiger partial charge in [0.2, 0.25) is 0 Å². The van der Waals surface area contributed by atoms with Gasteiger partial charge in [0.05, 0.1) is 13.7 Å². The summed E-state index contributed by atoms with van der Waals surface area (Å²) in [5, 5.41) is 10.5. The summed E-state index contributed by atoms with van der Waals surface area (Å²) in [6.07, 6.45) is 4.38. The summed E-state index contributed by atoms with van der Waals surface area (Å²) in [6, 6.07) is 38.2. The van der Waals surface area contributed by atoms with E-state index in [1.807, 2.05) is 0 Å². The molecule has 2 heteroatoms. The molecule has 0 heterocycles. The molecule has 182 valence electrons. The standard InChI is InChI=1S/C36H26O2/c1-38-36-21-23(19-34-30-14-6-2-10-26(30)27-11-3-7-15-31(27)34)25(22-37)18-24(36)20-35-32-16-8-4-12-28(32)29-13-5-9-17-33(29)35/h2-21,37H,22H2,1H3. The van der Waals surface area contributed by atoms with Gasteiger partial charge in [-0.3, -0.25) is 0 Å². The average molecular weight is 491 g/mol. The van der Waals surface area contributed by atoms with Crippen molar-refractivity contribution in [1.82, 2.24) is 0 Å². The Balaban J connectivity index is 1.40. The van der Waals surface area contributed by atoms with E-state index in [9.17, 15) is 5.11 Å². The van der Waals surface area contributed by atoms with E-state index in [-0.39, 0.29) is 6.61 Å². The highest BCUT2D eigenvalue weighted by atomic mass is 16.5. The van der Waals surface area contributed by atoms with Gasteiger partial charge in [0.25, 0.3) is 0 Å². The van der Waals surface area contributed by atoms with E-state index in [1.54, 1.807) is 7.11 Å². The summed E-state index contributed by atoms with van der Waals surface area (Å²) < 4.78 is 5.92. The summed E-state index contributed by atoms with van der Waals surface area (Å²) in [4.78, 5) is 0. The third kappa shape index (κ3) is 3.46. The molecule has 0 radical (unpaired) electrons. The van der Waals surface area contributed by atoms with Crippen molar-refractivity contribution in [3.05, 3.63) is 148 Å². The second kappa shape index (κ2) is 9.02. The van der Waals surface area contributed by atoms with Crippen LogP contribution in [0.1, 0.15) is 38.9 Å². The van der Waals surface area contributed by atoms with E-state index < -0.39 is 0 Å². The molecule has 1 N–H and O–H groups in total. The molecule has 0 spiro atoms. The van der Waals surface area contributed by atoms with Gasteiger partial charge in [-0.2, -0.15) is 0 Å². The third-order valence-electron chi connectivity index (χ3n) is 7.71. The lowest BCUT2D eigenvalue weighted by atomic mass is 9.95. The minimum atomic E-state index is -0.0598. The first-order valence-corrected chi connectivity index (χ1v) is 12.9. The van der Waals surface area contributed by atoms with Crippen LogP contribution >= 0.6 is 0 Å². The average Bonchev–Trinajstić information content (AvgIpc) is 3.46. The molecular formula is C36H26O2. The zero-order valence-corrected chi connectivity index (χ0v) is 21.1. The maximum absolute atomic E-state index is 10.5. The molecule has 2 nitrogen and oxygen atoms in total. The Labute approximate surface area is 222 Å². The fourth-order valence-electron chi connectivity index (χ4n) is 5.94. The minimum Gasteiger partial charge on any atom is -0.496 e. The van der Waals surface area contributed by atoms with Crippen molar-refractivity contribution in [2.24, 2.45) is 0 Å². The highest BCUT2D eigenvalue weighted by molar-refractivity contribution is 6.08. The van der Waals surface area contributed by atoms with Crippen LogP contribution in [0.4, 0.5) is 0 Å². The lowest BCUT2D eigenvalue weighted by Crippen LogP contribution is -1.96. The van der Waals surface area contributed by atoms with Crippen molar-refractivity contribution in [2.75, 3.05) is 7.11 Å². The predicted molar refractivity (Wildman–Crippen MR) is 157 cm³/mol. The molecule has 2 aliphatic carbocycles. The van der Waals surface area contributed by atoms with Crippen molar-refractivity contribution in [3.63, 3.8) is 0 Å². The van der Waals surface area contributed by atoms with Crippen LogP contribution in [0.3, 0.4) is 0 Å². The van der Waals surface area contributed by atoms with Gasteiger partial charge in [-0.05, 0) is 91.1 Å². The van der Waals surface area contributed by atoms with E-state index in [1.165, 1.54) is 50.1 Å². The first-order chi connectivity index (χ1) is 18.8. The zero-order valence-electron chi connectivity index (χ0n) is 21.1. The summed E-state index contributed by atoms with van der Waals surface area (Å²) in [5.41, 5.74) is 14.9. The number of hydrogen-bond acceptors (Lipinski definition) is 2. The largest absolute Gasteiger partial charge is 0.496 e. The molecule has 5 aromatic carbocycles. The number of hydrogen-bond donors (Lipinski definition) is 1. The fourth-order valence-corrected chi connectivity index (χ4v) is 5.94. The highest BCUT2D eigenvalue weighted by Crippen LogP contribution is 2.47. The van der Waals surface area contributed by atoms with Crippen LogP contribution in [-0.2, 0) is 6.61 Å². The lowest BCUT2D eigenvalue weighted by molar-refractivity contribution is 0.281. The Kier molecular flexibility index (Phi) is 5.35. The molecule has 2 aliphatic rings. The molecule has 0 aliphatic heterocycles. The van der Waals surface area contributed by atoms with E-state index in [2.05, 4.69) is 121 Å². The minimum absolute atomic E-state index is 0.0598. The second-order valence-electron chi connectivity index (χ2n) is 9.75. The van der Waals surface area contributed by atoms with Crippen molar-refractivity contribution < 1.29 is 9.84 Å². The Hall–Kier alpha value is -4.66. The third-order valence-corrected chi connectivity index (χ3v) is 7.71. The molecule has 0 amide bonds. The summed E-state index contributed by atoms with van der Waals surface area (Å²) in [6.45, 7) is -0.0598. The normalized spacial score (nSPS) is 12.5. The van der Waals surface area contributed by atoms with Crippen molar-refractivity contribution in [1.29, 1.82) is 0 Å². The molecule has 0 bridgehead atoms. The van der Waals surface area contributed by atoms with Crippen LogP contribution in [0, 0.1) is 0 Å². The van der Waals surface area contributed by atoms with Gasteiger partial charge in [0.1, 0.15) is 5.75 Å². The van der Waals surface area contributed by atoms with Crippen molar-refractivity contribution in [2.45, 2.75) is 6.61 Å². The molecule has 0 saturated heterocycles. The van der Waals surface area contributed by atoms with Gasteiger partial charge in [-0.15, -0.1) is 0 Å². The molecule has 0 atom stereocenters. The van der Waals surface area contributed by atoms with Crippen LogP contribution in [-0.4, -0.2) is 12.2 Å². The Morgan fingerprint density at radius 3 is 1.26 bits per heavy atom. The highest BCUT2D eigenvalue weighted by Gasteiger charge is 2.24. The number of aliphatic hydroxyl groups excluding tert-OH is 1. The molecule has 7 rings (SSSR count). The quantitative estimate of drug-likeness (QED) is 0.269. The van der Waals surface area contributed by atoms with Gasteiger partial charge < -0.3 is 9.84 Å². The SMILES string of the molecule is COc1cc(C=C2c3ccccc3-c3ccccc32)c(CO)cc1C=C1c2ccccc2-c2ccccc21. The molecule has 0 aromatic heterocycles. The Bertz CT molecular complexity index is 1560. The van der Waals surface area contributed by atoms with Gasteiger partial charge in [-0.1, -0.05) is 97.1 Å². The molecule has 0 unspecified atom stereocenters. The first-order valence-electron chi connectivity index (χ1n) is 12.9. The van der Waals surface area contributed by atoms with Gasteiger partial charge in [0.15, 0.2) is 0 Å². The van der Waals surface area contributed by atoms with Crippen LogP contribution in [0.5, 0.6) is 5.75 Å². The predicted octanol–water partition coefficient (Wildman–Crippen LogP) is 8.33. The van der Waals surface area contributed by atoms with Crippen molar-refractivity contribution in [3.8, 4) is 28.0 Å². The topological polar surface area (TPSA) is 29.5 Å². The molecule has 0 fully saturated rings. The fraction of sp³-hybridized carbons (Fsp3) is 0.0556. The second-order valence-corrected chi connectivity index (χ2v) is 9.75. The van der Waals surface area contributed by atoms with E-state index >= 15 is 0 Å². The van der Waals surface area contributed by atoms with Crippen LogP contribution in [0.25, 0.3) is 45.6 Å². The van der Waals surface area contributed by atoms with Crippen LogP contribution < -0.4 is 4.74 Å². The molecule has 38 heavy (non-hydrogen) atoms. The number of benzene rings is 5. The van der Waals surface area contributed by atoms with Gasteiger partial charge in [-0.25, -0.2) is 0 Å². The zero-order chi connectivity index (χ0) is 25.6. The summed E-state index contributed by atoms with van der Waals surface area (Å²) >= 11 is 0. The smallest absolute Gasteiger partial charge is 0.126 e. The number of aliphatic hydroxyl groups is 1. The van der Waals surface area contributed by atoms with Crippen LogP contribution in [0.2, 0.25) is 0 Å². The Morgan fingerprint density at radius 1 is 0.526 bits per heavy atom. The lowest BCUT2D eigenvalue weighted by Gasteiger charge is -2.13. The van der Waals surface area contributed by atoms with Gasteiger partial charge >= 0.3 is 0 Å². The first kappa shape index (κ1) is 22.5. The monoisotopic (exact) mass is 490 g/mol. The molecule has 0 saturated carbocycles. The molecule has 5 aromatic rings. The maximum Gasteiger partial charge on any atom is 0.126 e. The summed E-state index contributed by atoms with van der Waals surface area (Å²) in [5.74, 6) is 0.781. The maximum atomic E-state index is 10.5. The molecular weight excluding hydrogens is 464 g/mol.